The van der Waals surface area contributed by atoms with Gasteiger partial charge in [0, 0.05) is 40.9 Å². The first-order valence-corrected chi connectivity index (χ1v) is 11.6. The van der Waals surface area contributed by atoms with Gasteiger partial charge in [0.2, 0.25) is 5.95 Å². The first-order valence-electron chi connectivity index (χ1n) is 10.9. The van der Waals surface area contributed by atoms with Crippen LogP contribution >= 0.6 is 27.5 Å². The molecular weight excluding hydrogens is 579 g/mol. The summed E-state index contributed by atoms with van der Waals surface area (Å²) < 4.78 is 53.5. The predicted molar refractivity (Wildman–Crippen MR) is 134 cm³/mol. The van der Waals surface area contributed by atoms with Gasteiger partial charge in [-0.2, -0.15) is 10.1 Å². The lowest BCUT2D eigenvalue weighted by atomic mass is 10.2. The molecule has 0 aliphatic carbocycles. The zero-order chi connectivity index (χ0) is 27.3. The van der Waals surface area contributed by atoms with Gasteiger partial charge >= 0.3 is 11.4 Å². The SMILES string of the molecule is [2H]c1c2cc(Nc3nc(=O)n(-c4cncc(Cl)c4)c(=O)n3Cc3cc(F)c(F)cc3F)c(Br)cc2nn1C. The third kappa shape index (κ3) is 4.74. The molecule has 2 aromatic carbocycles. The van der Waals surface area contributed by atoms with Gasteiger partial charge in [-0.15, -0.1) is 0 Å². The second-order valence-electron chi connectivity index (χ2n) is 7.85. The standard InChI is InChI=1S/C23H14BrClF3N7O2/c1-33-9-12-3-20(15(24)5-19(12)32-33)30-21-31-22(36)35(14-4-13(25)7-29-8-14)23(37)34(21)10-11-2-17(27)18(28)6-16(11)26/h2-9H,10H2,1H3,(H,30,31,36)/i9D. The highest BCUT2D eigenvalue weighted by molar-refractivity contribution is 9.10. The fourth-order valence-corrected chi connectivity index (χ4v) is 4.24. The summed E-state index contributed by atoms with van der Waals surface area (Å²) in [6, 6.07) is 5.44. The highest BCUT2D eigenvalue weighted by atomic mass is 79.9. The van der Waals surface area contributed by atoms with Crippen molar-refractivity contribution in [3.8, 4) is 5.69 Å². The molecular formula is C23H14BrClF3N7O2. The van der Waals surface area contributed by atoms with Crippen molar-refractivity contribution >= 4 is 50.1 Å². The van der Waals surface area contributed by atoms with Gasteiger partial charge in [-0.25, -0.2) is 27.3 Å². The Labute approximate surface area is 220 Å². The minimum Gasteiger partial charge on any atom is -0.324 e. The zero-order valence-electron chi connectivity index (χ0n) is 19.6. The zero-order valence-corrected chi connectivity index (χ0v) is 21.0. The monoisotopic (exact) mass is 592 g/mol. The molecule has 0 fully saturated rings. The van der Waals surface area contributed by atoms with Gasteiger partial charge in [0.15, 0.2) is 11.6 Å². The highest BCUT2D eigenvalue weighted by Gasteiger charge is 2.19. The van der Waals surface area contributed by atoms with E-state index in [1.54, 1.807) is 19.2 Å². The van der Waals surface area contributed by atoms with Crippen LogP contribution in [-0.4, -0.2) is 28.9 Å². The summed E-state index contributed by atoms with van der Waals surface area (Å²) in [5.74, 6) is -4.16. The second-order valence-corrected chi connectivity index (χ2v) is 9.14. The predicted octanol–water partition coefficient (Wildman–Crippen LogP) is 4.30. The molecule has 5 aromatic rings. The van der Waals surface area contributed by atoms with E-state index in [0.29, 0.717) is 37.8 Å². The number of aromatic nitrogens is 6. The number of pyridine rings is 1. The number of benzene rings is 2. The van der Waals surface area contributed by atoms with E-state index in [1.165, 1.54) is 23.1 Å². The quantitative estimate of drug-likeness (QED) is 0.305. The largest absolute Gasteiger partial charge is 0.359 e. The van der Waals surface area contributed by atoms with E-state index >= 15 is 0 Å². The van der Waals surface area contributed by atoms with E-state index in [1.807, 2.05) is 0 Å². The van der Waals surface area contributed by atoms with Crippen LogP contribution in [0.15, 0.2) is 63.0 Å². The summed E-state index contributed by atoms with van der Waals surface area (Å²) in [6.07, 6.45) is 2.60. The molecule has 188 valence electrons. The molecule has 0 aliphatic rings. The molecule has 5 rings (SSSR count). The van der Waals surface area contributed by atoms with Crippen molar-refractivity contribution in [3.63, 3.8) is 0 Å². The van der Waals surface area contributed by atoms with Gasteiger partial charge in [-0.05, 0) is 40.2 Å². The van der Waals surface area contributed by atoms with Gasteiger partial charge in [-0.1, -0.05) is 11.6 Å². The molecule has 1 N–H and O–H groups in total. The summed E-state index contributed by atoms with van der Waals surface area (Å²) in [7, 11) is 1.60. The minimum absolute atomic E-state index is 0.0112. The van der Waals surface area contributed by atoms with Crippen molar-refractivity contribution in [1.29, 1.82) is 0 Å². The molecule has 0 saturated carbocycles. The Hall–Kier alpha value is -3.97. The number of hydrogen-bond acceptors (Lipinski definition) is 6. The lowest BCUT2D eigenvalue weighted by Crippen LogP contribution is -2.42. The van der Waals surface area contributed by atoms with Crippen LogP contribution in [0.5, 0.6) is 0 Å². The van der Waals surface area contributed by atoms with Crippen LogP contribution < -0.4 is 16.7 Å². The third-order valence-corrected chi connectivity index (χ3v) is 6.17. The normalized spacial score (nSPS) is 11.7. The molecule has 14 heteroatoms. The highest BCUT2D eigenvalue weighted by Crippen LogP contribution is 2.30. The second kappa shape index (κ2) is 9.48. The summed E-state index contributed by atoms with van der Waals surface area (Å²) in [5, 5.41) is 7.66. The van der Waals surface area contributed by atoms with Crippen LogP contribution in [0.2, 0.25) is 5.02 Å². The molecule has 9 nitrogen and oxygen atoms in total. The average molecular weight is 594 g/mol. The van der Waals surface area contributed by atoms with Crippen molar-refractivity contribution in [3.05, 3.63) is 102 Å². The smallest absolute Gasteiger partial charge is 0.324 e. The van der Waals surface area contributed by atoms with Crippen molar-refractivity contribution in [2.45, 2.75) is 6.54 Å². The Bertz CT molecular complexity index is 1880. The maximum Gasteiger partial charge on any atom is 0.359 e. The summed E-state index contributed by atoms with van der Waals surface area (Å²) in [5.41, 5.74) is -1.58. The molecule has 0 amide bonds. The molecule has 0 radical (unpaired) electrons. The first kappa shape index (κ1) is 23.4. The van der Waals surface area contributed by atoms with Crippen molar-refractivity contribution in [2.24, 2.45) is 7.05 Å². The number of nitrogens with zero attached hydrogens (tertiary/aromatic N) is 6. The maximum atomic E-state index is 14.6. The Morgan fingerprint density at radius 2 is 1.84 bits per heavy atom. The van der Waals surface area contributed by atoms with Gasteiger partial charge in [-0.3, -0.25) is 14.2 Å². The Morgan fingerprint density at radius 1 is 1.08 bits per heavy atom. The van der Waals surface area contributed by atoms with E-state index in [2.05, 4.69) is 36.3 Å². The first-order chi connectivity index (χ1) is 18.0. The number of nitrogens with one attached hydrogen (secondary N) is 1. The van der Waals surface area contributed by atoms with Crippen molar-refractivity contribution in [2.75, 3.05) is 5.32 Å². The summed E-state index contributed by atoms with van der Waals surface area (Å²) in [4.78, 5) is 34.4. The van der Waals surface area contributed by atoms with Crippen LogP contribution in [0.4, 0.5) is 24.8 Å². The van der Waals surface area contributed by atoms with Gasteiger partial charge < -0.3 is 5.32 Å². The molecule has 37 heavy (non-hydrogen) atoms. The molecule has 3 heterocycles. The van der Waals surface area contributed by atoms with E-state index in [9.17, 15) is 22.8 Å². The summed E-state index contributed by atoms with van der Waals surface area (Å²) in [6.45, 7) is -0.623. The molecule has 0 bridgehead atoms. The van der Waals surface area contributed by atoms with Crippen LogP contribution in [-0.2, 0) is 13.6 Å². The van der Waals surface area contributed by atoms with Crippen molar-refractivity contribution < 1.29 is 14.5 Å². The summed E-state index contributed by atoms with van der Waals surface area (Å²) >= 11 is 9.35. The number of fused-ring (bicyclic) bond motifs is 1. The van der Waals surface area contributed by atoms with E-state index in [-0.39, 0.29) is 28.4 Å². The molecule has 3 aromatic heterocycles. The number of hydrogen-bond donors (Lipinski definition) is 1. The topological polar surface area (TPSA) is 99.6 Å². The van der Waals surface area contributed by atoms with Crippen LogP contribution in [0, 0.1) is 17.5 Å². The fraction of sp³-hybridized carbons (Fsp3) is 0.0870. The van der Waals surface area contributed by atoms with Gasteiger partial charge in [0.1, 0.15) is 5.82 Å². The minimum atomic E-state index is -1.40. The van der Waals surface area contributed by atoms with Crippen molar-refractivity contribution in [1.82, 2.24) is 28.9 Å². The Balaban J connectivity index is 1.71. The van der Waals surface area contributed by atoms with E-state index in [0.717, 1.165) is 4.57 Å². The van der Waals surface area contributed by atoms with Gasteiger partial charge in [0.25, 0.3) is 0 Å². The number of aryl methyl sites for hydroxylation is 1. The van der Waals surface area contributed by atoms with Crippen LogP contribution in [0.1, 0.15) is 6.93 Å². The lowest BCUT2D eigenvalue weighted by molar-refractivity contribution is 0.487. The van der Waals surface area contributed by atoms with Crippen LogP contribution in [0.25, 0.3) is 16.6 Å². The molecule has 0 atom stereocenters. The van der Waals surface area contributed by atoms with E-state index < -0.39 is 35.4 Å². The number of anilines is 2. The number of halogens is 5. The third-order valence-electron chi connectivity index (χ3n) is 5.31. The molecule has 0 spiro atoms. The molecule has 0 saturated heterocycles. The van der Waals surface area contributed by atoms with Crippen LogP contribution in [0.3, 0.4) is 0 Å². The lowest BCUT2D eigenvalue weighted by Gasteiger charge is -2.17. The maximum absolute atomic E-state index is 14.6. The molecule has 0 unspecified atom stereocenters. The number of rotatable bonds is 5. The average Bonchev–Trinajstić information content (AvgIpc) is 3.12. The van der Waals surface area contributed by atoms with E-state index in [4.69, 9.17) is 13.0 Å². The molecule has 0 aliphatic heterocycles. The fourth-order valence-electron chi connectivity index (χ4n) is 3.64. The Kier molecular flexibility index (Phi) is 6.00. The van der Waals surface area contributed by atoms with Gasteiger partial charge in [0.05, 0.1) is 36.0 Å². The Morgan fingerprint density at radius 3 is 2.59 bits per heavy atom.